The zero-order valence-corrected chi connectivity index (χ0v) is 14.6. The molecule has 0 amide bonds. The minimum absolute atomic E-state index is 0.245. The maximum Gasteiger partial charge on any atom is 0.246 e. The van der Waals surface area contributed by atoms with Gasteiger partial charge in [0.2, 0.25) is 10.0 Å². The highest BCUT2D eigenvalue weighted by molar-refractivity contribution is 7.89. The van der Waals surface area contributed by atoms with Crippen LogP contribution >= 0.6 is 11.3 Å². The van der Waals surface area contributed by atoms with E-state index in [-0.39, 0.29) is 4.90 Å². The molecule has 124 valence electrons. The highest BCUT2D eigenvalue weighted by Crippen LogP contribution is 2.27. The molecule has 0 spiro atoms. The van der Waals surface area contributed by atoms with Crippen molar-refractivity contribution < 1.29 is 13.2 Å². The quantitative estimate of drug-likeness (QED) is 0.828. The normalized spacial score (nSPS) is 17.3. The SMILES string of the molecule is COc1ccccc1S(=O)(=O)N1CCN(Cc2cccs2)CC1. The number of hydrogen-bond acceptors (Lipinski definition) is 5. The summed E-state index contributed by atoms with van der Waals surface area (Å²) in [6.45, 7) is 3.39. The van der Waals surface area contributed by atoms with Crippen LogP contribution in [0, 0.1) is 0 Å². The van der Waals surface area contributed by atoms with Gasteiger partial charge < -0.3 is 4.74 Å². The molecule has 0 saturated carbocycles. The number of rotatable bonds is 5. The van der Waals surface area contributed by atoms with Gasteiger partial charge in [0.1, 0.15) is 10.6 Å². The van der Waals surface area contributed by atoms with E-state index in [0.29, 0.717) is 18.8 Å². The Balaban J connectivity index is 1.69. The number of methoxy groups -OCH3 is 1. The molecular weight excluding hydrogens is 332 g/mol. The number of para-hydroxylation sites is 1. The van der Waals surface area contributed by atoms with Crippen LogP contribution in [0.25, 0.3) is 0 Å². The fourth-order valence-electron chi connectivity index (χ4n) is 2.72. The van der Waals surface area contributed by atoms with E-state index in [2.05, 4.69) is 16.3 Å². The molecule has 1 aliphatic heterocycles. The van der Waals surface area contributed by atoms with Gasteiger partial charge >= 0.3 is 0 Å². The summed E-state index contributed by atoms with van der Waals surface area (Å²) in [5, 5.41) is 2.07. The smallest absolute Gasteiger partial charge is 0.246 e. The molecule has 0 atom stereocenters. The van der Waals surface area contributed by atoms with Crippen LogP contribution in [-0.2, 0) is 16.6 Å². The number of piperazine rings is 1. The van der Waals surface area contributed by atoms with E-state index in [1.807, 2.05) is 6.07 Å². The van der Waals surface area contributed by atoms with Crippen molar-refractivity contribution in [2.45, 2.75) is 11.4 Å². The van der Waals surface area contributed by atoms with Crippen molar-refractivity contribution in [2.75, 3.05) is 33.3 Å². The predicted octanol–water partition coefficient (Wildman–Crippen LogP) is 2.26. The van der Waals surface area contributed by atoms with E-state index < -0.39 is 10.0 Å². The van der Waals surface area contributed by atoms with Crippen LogP contribution < -0.4 is 4.74 Å². The number of hydrogen-bond donors (Lipinski definition) is 0. The molecule has 1 fully saturated rings. The van der Waals surface area contributed by atoms with Gasteiger partial charge in [0.25, 0.3) is 0 Å². The summed E-state index contributed by atoms with van der Waals surface area (Å²) in [5.74, 6) is 0.397. The average Bonchev–Trinajstić information content (AvgIpc) is 3.08. The van der Waals surface area contributed by atoms with Crippen molar-refractivity contribution in [1.82, 2.24) is 9.21 Å². The Kier molecular flexibility index (Phi) is 5.01. The van der Waals surface area contributed by atoms with E-state index in [4.69, 9.17) is 4.74 Å². The molecule has 0 N–H and O–H groups in total. The third kappa shape index (κ3) is 3.58. The Morgan fingerprint density at radius 2 is 1.83 bits per heavy atom. The molecule has 0 unspecified atom stereocenters. The van der Waals surface area contributed by atoms with Crippen molar-refractivity contribution in [3.05, 3.63) is 46.7 Å². The fourth-order valence-corrected chi connectivity index (χ4v) is 5.05. The maximum atomic E-state index is 12.8. The molecular formula is C16H20N2O3S2. The second kappa shape index (κ2) is 7.00. The van der Waals surface area contributed by atoms with Gasteiger partial charge in [-0.2, -0.15) is 4.31 Å². The van der Waals surface area contributed by atoms with Gasteiger partial charge in [-0.1, -0.05) is 18.2 Å². The monoisotopic (exact) mass is 352 g/mol. The van der Waals surface area contributed by atoms with E-state index in [1.165, 1.54) is 12.0 Å². The van der Waals surface area contributed by atoms with E-state index in [0.717, 1.165) is 19.6 Å². The van der Waals surface area contributed by atoms with Crippen molar-refractivity contribution in [3.63, 3.8) is 0 Å². The van der Waals surface area contributed by atoms with Crippen LogP contribution in [-0.4, -0.2) is 50.9 Å². The van der Waals surface area contributed by atoms with Gasteiger partial charge in [0.15, 0.2) is 0 Å². The molecule has 2 aromatic rings. The minimum atomic E-state index is -3.51. The number of sulfonamides is 1. The van der Waals surface area contributed by atoms with Crippen LogP contribution in [0.1, 0.15) is 4.88 Å². The van der Waals surface area contributed by atoms with Gasteiger partial charge in [-0.05, 0) is 23.6 Å². The van der Waals surface area contributed by atoms with Crippen molar-refractivity contribution in [1.29, 1.82) is 0 Å². The second-order valence-corrected chi connectivity index (χ2v) is 8.35. The first-order valence-electron chi connectivity index (χ1n) is 7.49. The Morgan fingerprint density at radius 3 is 2.48 bits per heavy atom. The lowest BCUT2D eigenvalue weighted by molar-refractivity contribution is 0.182. The van der Waals surface area contributed by atoms with Crippen LogP contribution in [0.15, 0.2) is 46.7 Å². The number of nitrogens with zero attached hydrogens (tertiary/aromatic N) is 2. The molecule has 1 aromatic heterocycles. The van der Waals surface area contributed by atoms with Gasteiger partial charge in [-0.3, -0.25) is 4.90 Å². The summed E-state index contributed by atoms with van der Waals surface area (Å²) in [6, 6.07) is 10.9. The van der Waals surface area contributed by atoms with Crippen LogP contribution in [0.5, 0.6) is 5.75 Å². The van der Waals surface area contributed by atoms with Crippen molar-refractivity contribution in [2.24, 2.45) is 0 Å². The Labute approximate surface area is 141 Å². The molecule has 1 aromatic carbocycles. The molecule has 3 rings (SSSR count). The van der Waals surface area contributed by atoms with Gasteiger partial charge in [-0.25, -0.2) is 8.42 Å². The van der Waals surface area contributed by atoms with E-state index >= 15 is 0 Å². The molecule has 1 saturated heterocycles. The molecule has 0 radical (unpaired) electrons. The fraction of sp³-hybridized carbons (Fsp3) is 0.375. The Bertz CT molecular complexity index is 736. The Hall–Kier alpha value is -1.41. The molecule has 0 bridgehead atoms. The first-order valence-corrected chi connectivity index (χ1v) is 9.81. The summed E-state index contributed by atoms with van der Waals surface area (Å²) in [6.07, 6.45) is 0. The molecule has 23 heavy (non-hydrogen) atoms. The van der Waals surface area contributed by atoms with Crippen LogP contribution in [0.3, 0.4) is 0 Å². The van der Waals surface area contributed by atoms with E-state index in [1.54, 1.807) is 39.9 Å². The number of benzene rings is 1. The molecule has 0 aliphatic carbocycles. The topological polar surface area (TPSA) is 49.9 Å². The number of thiophene rings is 1. The summed E-state index contributed by atoms with van der Waals surface area (Å²) < 4.78 is 32.4. The van der Waals surface area contributed by atoms with Crippen LogP contribution in [0.4, 0.5) is 0 Å². The van der Waals surface area contributed by atoms with Crippen molar-refractivity contribution in [3.8, 4) is 5.75 Å². The Morgan fingerprint density at radius 1 is 1.09 bits per heavy atom. The third-order valence-electron chi connectivity index (χ3n) is 3.98. The lowest BCUT2D eigenvalue weighted by atomic mass is 10.3. The second-order valence-electron chi connectivity index (χ2n) is 5.41. The highest BCUT2D eigenvalue weighted by Gasteiger charge is 2.30. The van der Waals surface area contributed by atoms with Crippen LogP contribution in [0.2, 0.25) is 0 Å². The van der Waals surface area contributed by atoms with Crippen molar-refractivity contribution >= 4 is 21.4 Å². The standard InChI is InChI=1S/C16H20N2O3S2/c1-21-15-6-2-3-7-16(15)23(19,20)18-10-8-17(9-11-18)13-14-5-4-12-22-14/h2-7,12H,8-11,13H2,1H3. The van der Waals surface area contributed by atoms with E-state index in [9.17, 15) is 8.42 Å². The maximum absolute atomic E-state index is 12.8. The zero-order valence-electron chi connectivity index (χ0n) is 13.0. The summed E-state index contributed by atoms with van der Waals surface area (Å²) >= 11 is 1.73. The van der Waals surface area contributed by atoms with Gasteiger partial charge in [0.05, 0.1) is 7.11 Å². The largest absolute Gasteiger partial charge is 0.495 e. The molecule has 7 heteroatoms. The number of ether oxygens (including phenoxy) is 1. The third-order valence-corrected chi connectivity index (χ3v) is 6.78. The summed E-state index contributed by atoms with van der Waals surface area (Å²) in [7, 11) is -2.01. The first-order chi connectivity index (χ1) is 11.1. The lowest BCUT2D eigenvalue weighted by Crippen LogP contribution is -2.48. The average molecular weight is 352 g/mol. The zero-order chi connectivity index (χ0) is 16.3. The van der Waals surface area contributed by atoms with Gasteiger partial charge in [0, 0.05) is 37.6 Å². The van der Waals surface area contributed by atoms with Gasteiger partial charge in [-0.15, -0.1) is 11.3 Å². The molecule has 2 heterocycles. The highest BCUT2D eigenvalue weighted by atomic mass is 32.2. The minimum Gasteiger partial charge on any atom is -0.495 e. The first kappa shape index (κ1) is 16.4. The predicted molar refractivity (Wildman–Crippen MR) is 91.3 cm³/mol. The molecule has 1 aliphatic rings. The lowest BCUT2D eigenvalue weighted by Gasteiger charge is -2.33. The summed E-state index contributed by atoms with van der Waals surface area (Å²) in [5.41, 5.74) is 0. The summed E-state index contributed by atoms with van der Waals surface area (Å²) in [4.78, 5) is 3.85. The molecule has 5 nitrogen and oxygen atoms in total.